The van der Waals surface area contributed by atoms with Crippen molar-refractivity contribution in [3.8, 4) is 0 Å². The standard InChI is InChI=1S/C14H25NO2/c1-5-12(16)10-15-9-8-11(14(2,3)4)6-7-13(15)17/h11H,5-10H2,1-4H3. The molecule has 1 unspecified atom stereocenters. The summed E-state index contributed by atoms with van der Waals surface area (Å²) in [4.78, 5) is 25.1. The van der Waals surface area contributed by atoms with Crippen molar-refractivity contribution in [1.82, 2.24) is 4.90 Å². The zero-order chi connectivity index (χ0) is 13.1. The molecule has 0 saturated carbocycles. The molecule has 1 fully saturated rings. The van der Waals surface area contributed by atoms with Crippen molar-refractivity contribution >= 4 is 11.7 Å². The second kappa shape index (κ2) is 5.65. The average molecular weight is 239 g/mol. The normalized spacial score (nSPS) is 22.5. The van der Waals surface area contributed by atoms with Gasteiger partial charge < -0.3 is 4.90 Å². The van der Waals surface area contributed by atoms with Crippen molar-refractivity contribution in [3.05, 3.63) is 0 Å². The molecule has 1 aliphatic heterocycles. The smallest absolute Gasteiger partial charge is 0.222 e. The lowest BCUT2D eigenvalue weighted by atomic mass is 9.77. The van der Waals surface area contributed by atoms with Gasteiger partial charge in [0.15, 0.2) is 5.78 Å². The number of hydrogen-bond donors (Lipinski definition) is 0. The second-order valence-electron chi connectivity index (χ2n) is 6.10. The fourth-order valence-corrected chi connectivity index (χ4v) is 2.39. The van der Waals surface area contributed by atoms with Gasteiger partial charge in [-0.2, -0.15) is 0 Å². The van der Waals surface area contributed by atoms with Crippen LogP contribution in [0.25, 0.3) is 0 Å². The van der Waals surface area contributed by atoms with Gasteiger partial charge in [-0.3, -0.25) is 9.59 Å². The molecule has 3 heteroatoms. The van der Waals surface area contributed by atoms with Gasteiger partial charge in [-0.1, -0.05) is 27.7 Å². The van der Waals surface area contributed by atoms with Crippen molar-refractivity contribution in [2.75, 3.05) is 13.1 Å². The van der Waals surface area contributed by atoms with Crippen LogP contribution in [0, 0.1) is 11.3 Å². The van der Waals surface area contributed by atoms with Crippen LogP contribution < -0.4 is 0 Å². The first-order chi connectivity index (χ1) is 7.84. The molecule has 1 heterocycles. The minimum Gasteiger partial charge on any atom is -0.335 e. The maximum Gasteiger partial charge on any atom is 0.222 e. The lowest BCUT2D eigenvalue weighted by Gasteiger charge is -2.29. The van der Waals surface area contributed by atoms with Crippen LogP contribution >= 0.6 is 0 Å². The molecule has 0 bridgehead atoms. The summed E-state index contributed by atoms with van der Waals surface area (Å²) in [6, 6.07) is 0. The molecule has 1 rings (SSSR count). The summed E-state index contributed by atoms with van der Waals surface area (Å²) in [5.41, 5.74) is 0.255. The van der Waals surface area contributed by atoms with Crippen LogP contribution in [0.1, 0.15) is 53.4 Å². The monoisotopic (exact) mass is 239 g/mol. The molecule has 1 amide bonds. The van der Waals surface area contributed by atoms with Gasteiger partial charge in [-0.05, 0) is 24.2 Å². The highest BCUT2D eigenvalue weighted by molar-refractivity contribution is 5.86. The number of carbonyl (C=O) groups excluding carboxylic acids is 2. The lowest BCUT2D eigenvalue weighted by Crippen LogP contribution is -2.35. The second-order valence-corrected chi connectivity index (χ2v) is 6.10. The molecule has 17 heavy (non-hydrogen) atoms. The molecule has 0 aliphatic carbocycles. The Bertz CT molecular complexity index is 291. The molecule has 0 aromatic heterocycles. The van der Waals surface area contributed by atoms with Gasteiger partial charge in [0, 0.05) is 19.4 Å². The summed E-state index contributed by atoms with van der Waals surface area (Å²) in [5.74, 6) is 0.888. The van der Waals surface area contributed by atoms with Crippen LogP contribution in [0.2, 0.25) is 0 Å². The zero-order valence-corrected chi connectivity index (χ0v) is 11.6. The lowest BCUT2D eigenvalue weighted by molar-refractivity contribution is -0.134. The average Bonchev–Trinajstić information content (AvgIpc) is 2.41. The Balaban J connectivity index is 2.61. The van der Waals surface area contributed by atoms with Gasteiger partial charge in [0.2, 0.25) is 5.91 Å². The fourth-order valence-electron chi connectivity index (χ4n) is 2.39. The van der Waals surface area contributed by atoms with E-state index < -0.39 is 0 Å². The van der Waals surface area contributed by atoms with Crippen LogP contribution in [-0.4, -0.2) is 29.7 Å². The summed E-state index contributed by atoms with van der Waals surface area (Å²) >= 11 is 0. The maximum atomic E-state index is 11.9. The number of Topliss-reactive ketones (excluding diaryl/α,β-unsaturated/α-hetero) is 1. The van der Waals surface area contributed by atoms with Crippen molar-refractivity contribution in [1.29, 1.82) is 0 Å². The van der Waals surface area contributed by atoms with Gasteiger partial charge in [-0.15, -0.1) is 0 Å². The summed E-state index contributed by atoms with van der Waals surface area (Å²) in [5, 5.41) is 0. The number of ketones is 1. The first-order valence-electron chi connectivity index (χ1n) is 6.64. The first kappa shape index (κ1) is 14.2. The molecule has 0 spiro atoms. The molecule has 0 N–H and O–H groups in total. The highest BCUT2D eigenvalue weighted by Crippen LogP contribution is 2.34. The van der Waals surface area contributed by atoms with Crippen LogP contribution in [0.3, 0.4) is 0 Å². The number of rotatable bonds is 3. The third kappa shape index (κ3) is 4.14. The van der Waals surface area contributed by atoms with Crippen LogP contribution in [0.5, 0.6) is 0 Å². The SMILES string of the molecule is CCC(=O)CN1CCC(C(C)(C)C)CCC1=O. The quantitative estimate of drug-likeness (QED) is 0.759. The van der Waals surface area contributed by atoms with Gasteiger partial charge in [0.05, 0.1) is 6.54 Å². The molecular weight excluding hydrogens is 214 g/mol. The van der Waals surface area contributed by atoms with Crippen molar-refractivity contribution in [2.45, 2.75) is 53.4 Å². The Hall–Kier alpha value is -0.860. The third-order valence-electron chi connectivity index (χ3n) is 3.79. The van der Waals surface area contributed by atoms with E-state index in [1.165, 1.54) is 0 Å². The van der Waals surface area contributed by atoms with E-state index in [9.17, 15) is 9.59 Å². The summed E-state index contributed by atoms with van der Waals surface area (Å²) < 4.78 is 0. The van der Waals surface area contributed by atoms with E-state index in [0.29, 0.717) is 25.3 Å². The number of nitrogens with zero attached hydrogens (tertiary/aromatic N) is 1. The van der Waals surface area contributed by atoms with E-state index >= 15 is 0 Å². The first-order valence-corrected chi connectivity index (χ1v) is 6.64. The molecule has 98 valence electrons. The maximum absolute atomic E-state index is 11.9. The van der Waals surface area contributed by atoms with Crippen LogP contribution in [0.15, 0.2) is 0 Å². The number of carbonyl (C=O) groups is 2. The van der Waals surface area contributed by atoms with E-state index in [0.717, 1.165) is 19.4 Å². The predicted octanol–water partition coefficient (Wildman–Crippen LogP) is 2.64. The Morgan fingerprint density at radius 2 is 2.00 bits per heavy atom. The van der Waals surface area contributed by atoms with E-state index in [1.54, 1.807) is 4.90 Å². The molecule has 1 atom stereocenters. The largest absolute Gasteiger partial charge is 0.335 e. The Labute approximate surface area is 105 Å². The van der Waals surface area contributed by atoms with E-state index in [-0.39, 0.29) is 17.1 Å². The summed E-state index contributed by atoms with van der Waals surface area (Å²) in [6.45, 7) is 9.60. The summed E-state index contributed by atoms with van der Waals surface area (Å²) in [7, 11) is 0. The molecule has 3 nitrogen and oxygen atoms in total. The van der Waals surface area contributed by atoms with Gasteiger partial charge in [0.1, 0.15) is 0 Å². The molecule has 1 aliphatic rings. The molecule has 0 aromatic carbocycles. The highest BCUT2D eigenvalue weighted by Gasteiger charge is 2.30. The number of amides is 1. The van der Waals surface area contributed by atoms with Crippen LogP contribution in [-0.2, 0) is 9.59 Å². The topological polar surface area (TPSA) is 37.4 Å². The predicted molar refractivity (Wildman–Crippen MR) is 68.7 cm³/mol. The Morgan fingerprint density at radius 3 is 2.53 bits per heavy atom. The van der Waals surface area contributed by atoms with E-state index in [1.807, 2.05) is 6.92 Å². The molecular formula is C14H25NO2. The Kier molecular flexibility index (Phi) is 4.72. The molecule has 0 radical (unpaired) electrons. The van der Waals surface area contributed by atoms with Gasteiger partial charge >= 0.3 is 0 Å². The van der Waals surface area contributed by atoms with E-state index in [2.05, 4.69) is 20.8 Å². The van der Waals surface area contributed by atoms with Crippen molar-refractivity contribution in [2.24, 2.45) is 11.3 Å². The van der Waals surface area contributed by atoms with Crippen molar-refractivity contribution < 1.29 is 9.59 Å². The van der Waals surface area contributed by atoms with Crippen LogP contribution in [0.4, 0.5) is 0 Å². The Morgan fingerprint density at radius 1 is 1.35 bits per heavy atom. The minimum atomic E-state index is 0.151. The van der Waals surface area contributed by atoms with Crippen molar-refractivity contribution in [3.63, 3.8) is 0 Å². The number of likely N-dealkylation sites (tertiary alicyclic amines) is 1. The fraction of sp³-hybridized carbons (Fsp3) is 0.857. The highest BCUT2D eigenvalue weighted by atomic mass is 16.2. The van der Waals surface area contributed by atoms with Gasteiger partial charge in [-0.25, -0.2) is 0 Å². The van der Waals surface area contributed by atoms with Gasteiger partial charge in [0.25, 0.3) is 0 Å². The molecule has 0 aromatic rings. The molecule has 1 saturated heterocycles. The van der Waals surface area contributed by atoms with E-state index in [4.69, 9.17) is 0 Å². The third-order valence-corrected chi connectivity index (χ3v) is 3.79. The summed E-state index contributed by atoms with van der Waals surface area (Å²) in [6.07, 6.45) is 3.09. The zero-order valence-electron chi connectivity index (χ0n) is 11.6. The number of hydrogen-bond acceptors (Lipinski definition) is 2. The minimum absolute atomic E-state index is 0.151.